The van der Waals surface area contributed by atoms with Crippen molar-refractivity contribution in [1.82, 2.24) is 25.4 Å². The number of hydrogen-bond donors (Lipinski definition) is 2. The number of benzene rings is 1. The molecule has 1 aromatic carbocycles. The number of aromatic nitrogens is 3. The first-order valence-electron chi connectivity index (χ1n) is 9.24. The van der Waals surface area contributed by atoms with Crippen LogP contribution in [0.15, 0.2) is 61.1 Å². The smallest absolute Gasteiger partial charge is 0.255 e. The lowest BCUT2D eigenvalue weighted by molar-refractivity contribution is -0.121. The molecule has 142 valence electrons. The molecule has 0 saturated heterocycles. The van der Waals surface area contributed by atoms with E-state index in [4.69, 9.17) is 0 Å². The van der Waals surface area contributed by atoms with E-state index < -0.39 is 0 Å². The minimum Gasteiger partial charge on any atom is -0.351 e. The molecule has 28 heavy (non-hydrogen) atoms. The van der Waals surface area contributed by atoms with Crippen molar-refractivity contribution >= 4 is 11.8 Å². The standard InChI is InChI=1S/C21H21N5O2/c27-20(9-16-7-4-8-22-11-16)25-17-10-19-18(13-24-26(19)14-17)21(28)23-12-15-5-2-1-3-6-15/h1-8,11,13,17H,9-10,12,14H2,(H,23,28)(H,25,27). The minimum absolute atomic E-state index is 0.0566. The maximum absolute atomic E-state index is 12.6. The second kappa shape index (κ2) is 8.04. The summed E-state index contributed by atoms with van der Waals surface area (Å²) >= 11 is 0. The Labute approximate surface area is 162 Å². The summed E-state index contributed by atoms with van der Waals surface area (Å²) < 4.78 is 1.80. The fourth-order valence-corrected chi connectivity index (χ4v) is 3.42. The molecular weight excluding hydrogens is 354 g/mol. The van der Waals surface area contributed by atoms with Gasteiger partial charge >= 0.3 is 0 Å². The van der Waals surface area contributed by atoms with Crippen LogP contribution >= 0.6 is 0 Å². The van der Waals surface area contributed by atoms with E-state index in [1.165, 1.54) is 0 Å². The van der Waals surface area contributed by atoms with Gasteiger partial charge in [-0.25, -0.2) is 0 Å². The van der Waals surface area contributed by atoms with Gasteiger partial charge in [-0.2, -0.15) is 5.10 Å². The number of carbonyl (C=O) groups is 2. The SMILES string of the molecule is O=C(Cc1cccnc1)NC1Cc2c(C(=O)NCc3ccccc3)cnn2C1. The average molecular weight is 375 g/mol. The number of nitrogens with one attached hydrogen (secondary N) is 2. The van der Waals surface area contributed by atoms with Crippen LogP contribution in [0, 0.1) is 0 Å². The van der Waals surface area contributed by atoms with Gasteiger partial charge in [0.25, 0.3) is 5.91 Å². The van der Waals surface area contributed by atoms with Gasteiger partial charge in [0.05, 0.1) is 36.5 Å². The molecule has 1 aliphatic heterocycles. The van der Waals surface area contributed by atoms with Crippen LogP contribution in [0.1, 0.15) is 27.2 Å². The number of nitrogens with zero attached hydrogens (tertiary/aromatic N) is 3. The van der Waals surface area contributed by atoms with Gasteiger partial charge in [0.1, 0.15) is 0 Å². The van der Waals surface area contributed by atoms with Gasteiger partial charge in [-0.1, -0.05) is 36.4 Å². The topological polar surface area (TPSA) is 88.9 Å². The van der Waals surface area contributed by atoms with E-state index in [1.54, 1.807) is 23.3 Å². The van der Waals surface area contributed by atoms with Gasteiger partial charge in [0, 0.05) is 25.4 Å². The van der Waals surface area contributed by atoms with Gasteiger partial charge in [-0.05, 0) is 17.2 Å². The van der Waals surface area contributed by atoms with Crippen LogP contribution in [0.5, 0.6) is 0 Å². The zero-order valence-electron chi connectivity index (χ0n) is 15.3. The first-order chi connectivity index (χ1) is 13.7. The lowest BCUT2D eigenvalue weighted by atomic mass is 10.1. The van der Waals surface area contributed by atoms with Crippen LogP contribution in [0.25, 0.3) is 0 Å². The molecule has 7 nitrogen and oxygen atoms in total. The first kappa shape index (κ1) is 17.9. The Balaban J connectivity index is 1.33. The van der Waals surface area contributed by atoms with Crippen molar-refractivity contribution in [3.05, 3.63) is 83.4 Å². The largest absolute Gasteiger partial charge is 0.351 e. The van der Waals surface area contributed by atoms with E-state index in [0.717, 1.165) is 16.8 Å². The van der Waals surface area contributed by atoms with Crippen molar-refractivity contribution in [3.8, 4) is 0 Å². The Morgan fingerprint density at radius 2 is 1.89 bits per heavy atom. The molecule has 2 N–H and O–H groups in total. The third-order valence-electron chi connectivity index (χ3n) is 4.77. The van der Waals surface area contributed by atoms with Crippen molar-refractivity contribution in [2.75, 3.05) is 0 Å². The fraction of sp³-hybridized carbons (Fsp3) is 0.238. The highest BCUT2D eigenvalue weighted by atomic mass is 16.2. The molecule has 7 heteroatoms. The molecule has 0 saturated carbocycles. The molecule has 0 spiro atoms. The van der Waals surface area contributed by atoms with Crippen LogP contribution in [-0.2, 0) is 30.7 Å². The molecule has 2 amide bonds. The molecule has 3 aromatic rings. The number of amides is 2. The van der Waals surface area contributed by atoms with E-state index in [0.29, 0.717) is 25.1 Å². The molecule has 1 atom stereocenters. The Morgan fingerprint density at radius 3 is 2.68 bits per heavy atom. The predicted octanol–water partition coefficient (Wildman–Crippen LogP) is 1.49. The average Bonchev–Trinajstić information content (AvgIpc) is 3.27. The monoisotopic (exact) mass is 375 g/mol. The van der Waals surface area contributed by atoms with Crippen LogP contribution in [0.4, 0.5) is 0 Å². The predicted molar refractivity (Wildman–Crippen MR) is 103 cm³/mol. The molecule has 1 unspecified atom stereocenters. The summed E-state index contributed by atoms with van der Waals surface area (Å²) in [6.45, 7) is 1.04. The van der Waals surface area contributed by atoms with Gasteiger partial charge in [0.2, 0.25) is 5.91 Å². The third kappa shape index (κ3) is 4.09. The Morgan fingerprint density at radius 1 is 1.07 bits per heavy atom. The molecule has 0 aliphatic carbocycles. The van der Waals surface area contributed by atoms with Gasteiger partial charge < -0.3 is 10.6 Å². The van der Waals surface area contributed by atoms with E-state index >= 15 is 0 Å². The van der Waals surface area contributed by atoms with Gasteiger partial charge in [-0.3, -0.25) is 19.3 Å². The molecule has 4 rings (SSSR count). The minimum atomic E-state index is -0.146. The molecule has 0 fully saturated rings. The molecule has 2 aromatic heterocycles. The molecule has 0 bridgehead atoms. The highest BCUT2D eigenvalue weighted by Gasteiger charge is 2.28. The molecular formula is C21H21N5O2. The Bertz CT molecular complexity index is 969. The van der Waals surface area contributed by atoms with Crippen LogP contribution in [0.2, 0.25) is 0 Å². The molecule has 1 aliphatic rings. The normalized spacial score (nSPS) is 15.1. The third-order valence-corrected chi connectivity index (χ3v) is 4.77. The van der Waals surface area contributed by atoms with Crippen LogP contribution < -0.4 is 10.6 Å². The van der Waals surface area contributed by atoms with Crippen molar-refractivity contribution in [1.29, 1.82) is 0 Å². The molecule has 3 heterocycles. The lowest BCUT2D eigenvalue weighted by Gasteiger charge is -2.11. The number of pyridine rings is 1. The number of rotatable bonds is 6. The van der Waals surface area contributed by atoms with E-state index in [2.05, 4.69) is 20.7 Å². The van der Waals surface area contributed by atoms with Gasteiger partial charge in [-0.15, -0.1) is 0 Å². The Hall–Kier alpha value is -3.48. The summed E-state index contributed by atoms with van der Waals surface area (Å²) in [4.78, 5) is 28.8. The second-order valence-corrected chi connectivity index (χ2v) is 6.86. The maximum Gasteiger partial charge on any atom is 0.255 e. The highest BCUT2D eigenvalue weighted by molar-refractivity contribution is 5.95. The van der Waals surface area contributed by atoms with Crippen molar-refractivity contribution in [2.24, 2.45) is 0 Å². The first-order valence-corrected chi connectivity index (χ1v) is 9.24. The second-order valence-electron chi connectivity index (χ2n) is 6.86. The number of carbonyl (C=O) groups excluding carboxylic acids is 2. The van der Waals surface area contributed by atoms with Gasteiger partial charge in [0.15, 0.2) is 0 Å². The summed E-state index contributed by atoms with van der Waals surface area (Å²) in [7, 11) is 0. The number of hydrogen-bond acceptors (Lipinski definition) is 4. The van der Waals surface area contributed by atoms with E-state index in [1.807, 2.05) is 42.5 Å². The summed E-state index contributed by atoms with van der Waals surface area (Å²) in [5, 5.41) is 10.3. The van der Waals surface area contributed by atoms with E-state index in [9.17, 15) is 9.59 Å². The molecule has 0 radical (unpaired) electrons. The van der Waals surface area contributed by atoms with Crippen molar-refractivity contribution in [2.45, 2.75) is 32.0 Å². The van der Waals surface area contributed by atoms with Crippen LogP contribution in [-0.4, -0.2) is 32.6 Å². The lowest BCUT2D eigenvalue weighted by Crippen LogP contribution is -2.37. The maximum atomic E-state index is 12.6. The quantitative estimate of drug-likeness (QED) is 0.683. The highest BCUT2D eigenvalue weighted by Crippen LogP contribution is 2.19. The van der Waals surface area contributed by atoms with Crippen molar-refractivity contribution < 1.29 is 9.59 Å². The van der Waals surface area contributed by atoms with Crippen molar-refractivity contribution in [3.63, 3.8) is 0 Å². The Kier molecular flexibility index (Phi) is 5.14. The summed E-state index contributed by atoms with van der Waals surface area (Å²) in [6.07, 6.45) is 5.85. The zero-order valence-corrected chi connectivity index (χ0v) is 15.3. The number of fused-ring (bicyclic) bond motifs is 1. The summed E-state index contributed by atoms with van der Waals surface area (Å²) in [5.41, 5.74) is 3.34. The fourth-order valence-electron chi connectivity index (χ4n) is 3.42. The van der Waals surface area contributed by atoms with E-state index in [-0.39, 0.29) is 24.3 Å². The summed E-state index contributed by atoms with van der Waals surface area (Å²) in [5.74, 6) is -0.203. The van der Waals surface area contributed by atoms with Crippen LogP contribution in [0.3, 0.4) is 0 Å². The zero-order chi connectivity index (χ0) is 19.3. The summed E-state index contributed by atoms with van der Waals surface area (Å²) in [6, 6.07) is 13.4.